The molecule has 2 aliphatic heterocycles. The van der Waals surface area contributed by atoms with Crippen LogP contribution in [0.1, 0.15) is 42.6 Å². The Kier molecular flexibility index (Phi) is 8.35. The third-order valence-corrected chi connectivity index (χ3v) is 7.72. The number of amides is 1. The van der Waals surface area contributed by atoms with E-state index >= 15 is 0 Å². The maximum Gasteiger partial charge on any atom is 0.414 e. The zero-order valence-electron chi connectivity index (χ0n) is 22.9. The lowest BCUT2D eigenvalue weighted by Gasteiger charge is -2.43. The van der Waals surface area contributed by atoms with Gasteiger partial charge in [-0.3, -0.25) is 9.69 Å². The van der Waals surface area contributed by atoms with Crippen LogP contribution in [-0.2, 0) is 27.3 Å². The number of benzene rings is 3. The lowest BCUT2D eigenvalue weighted by molar-refractivity contribution is -0.159. The standard InChI is InChI=1S/C30H32N4O.C2H2O4/c1-21(35)31-23-10-7-11-24(18-23)32-25-14-16-33-17-15-27-26-12-5-6-13-28(26)34(30(27)29(33)19-25)20-22-8-3-2-4-9-22;3-1(4)2(5)6/h2-13,18,25,29,32H,14-17,19-20H2,1H3,(H,31,35);(H,3,4)(H,5,6). The highest BCUT2D eigenvalue weighted by molar-refractivity contribution is 6.27. The molecule has 4 N–H and O–H groups in total. The van der Waals surface area contributed by atoms with E-state index in [9.17, 15) is 4.79 Å². The second-order valence-corrected chi connectivity index (χ2v) is 10.5. The van der Waals surface area contributed by atoms with Gasteiger partial charge >= 0.3 is 11.9 Å². The number of anilines is 2. The van der Waals surface area contributed by atoms with Crippen molar-refractivity contribution < 1.29 is 24.6 Å². The number of fused-ring (bicyclic) bond motifs is 5. The van der Waals surface area contributed by atoms with Gasteiger partial charge in [-0.1, -0.05) is 54.6 Å². The minimum atomic E-state index is -1.82. The second kappa shape index (κ2) is 12.3. The molecule has 0 aliphatic carbocycles. The summed E-state index contributed by atoms with van der Waals surface area (Å²) >= 11 is 0. The molecular formula is C32H34N4O5. The Bertz CT molecular complexity index is 1550. The smallest absolute Gasteiger partial charge is 0.414 e. The van der Waals surface area contributed by atoms with Gasteiger partial charge in [0.1, 0.15) is 0 Å². The van der Waals surface area contributed by atoms with E-state index in [1.54, 1.807) is 6.92 Å². The molecule has 2 aliphatic rings. The maximum atomic E-state index is 11.5. The number of carboxylic acids is 2. The van der Waals surface area contributed by atoms with Gasteiger partial charge in [-0.2, -0.15) is 0 Å². The molecule has 212 valence electrons. The number of nitrogens with one attached hydrogen (secondary N) is 2. The van der Waals surface area contributed by atoms with Crippen LogP contribution >= 0.6 is 0 Å². The molecule has 0 saturated carbocycles. The molecule has 0 bridgehead atoms. The predicted octanol–water partition coefficient (Wildman–Crippen LogP) is 4.98. The number of nitrogens with zero attached hydrogens (tertiary/aromatic N) is 2. The van der Waals surface area contributed by atoms with E-state index in [1.807, 2.05) is 18.2 Å². The topological polar surface area (TPSA) is 124 Å². The molecule has 41 heavy (non-hydrogen) atoms. The fourth-order valence-corrected chi connectivity index (χ4v) is 6.05. The Morgan fingerprint density at radius 1 is 0.878 bits per heavy atom. The number of hydrogen-bond acceptors (Lipinski definition) is 5. The van der Waals surface area contributed by atoms with E-state index in [0.29, 0.717) is 12.1 Å². The molecule has 1 fully saturated rings. The first-order valence-corrected chi connectivity index (χ1v) is 13.8. The lowest BCUT2D eigenvalue weighted by Crippen LogP contribution is -2.45. The van der Waals surface area contributed by atoms with Gasteiger partial charge in [0.05, 0.1) is 6.04 Å². The summed E-state index contributed by atoms with van der Waals surface area (Å²) in [6.45, 7) is 4.67. The number of carboxylic acid groups (broad SMARTS) is 2. The summed E-state index contributed by atoms with van der Waals surface area (Å²) in [6, 6.07) is 28.6. The first-order chi connectivity index (χ1) is 19.8. The first-order valence-electron chi connectivity index (χ1n) is 13.8. The molecule has 6 rings (SSSR count). The van der Waals surface area contributed by atoms with E-state index in [1.165, 1.54) is 27.7 Å². The summed E-state index contributed by atoms with van der Waals surface area (Å²) in [4.78, 5) is 32.4. The Balaban J connectivity index is 0.000000511. The van der Waals surface area contributed by atoms with Crippen LogP contribution in [0, 0.1) is 0 Å². The first kappa shape index (κ1) is 27.9. The Morgan fingerprint density at radius 3 is 2.32 bits per heavy atom. The fraction of sp³-hybridized carbons (Fsp3) is 0.281. The number of aliphatic carboxylic acids is 2. The van der Waals surface area contributed by atoms with Crippen LogP contribution < -0.4 is 10.6 Å². The van der Waals surface area contributed by atoms with Crippen molar-refractivity contribution in [2.45, 2.75) is 44.8 Å². The van der Waals surface area contributed by atoms with Crippen LogP contribution in [0.3, 0.4) is 0 Å². The highest BCUT2D eigenvalue weighted by Crippen LogP contribution is 2.42. The summed E-state index contributed by atoms with van der Waals surface area (Å²) in [5, 5.41) is 22.9. The van der Waals surface area contributed by atoms with Crippen molar-refractivity contribution in [3.05, 3.63) is 95.7 Å². The number of carbonyl (C=O) groups excluding carboxylic acids is 1. The Hall–Kier alpha value is -4.63. The summed E-state index contributed by atoms with van der Waals surface area (Å²) in [6.07, 6.45) is 3.31. The van der Waals surface area contributed by atoms with Gasteiger partial charge in [0.2, 0.25) is 5.91 Å². The predicted molar refractivity (Wildman–Crippen MR) is 158 cm³/mol. The highest BCUT2D eigenvalue weighted by Gasteiger charge is 2.37. The highest BCUT2D eigenvalue weighted by atomic mass is 16.4. The third-order valence-electron chi connectivity index (χ3n) is 7.72. The Labute approximate surface area is 238 Å². The van der Waals surface area contributed by atoms with Crippen molar-refractivity contribution in [3.63, 3.8) is 0 Å². The van der Waals surface area contributed by atoms with E-state index < -0.39 is 11.9 Å². The van der Waals surface area contributed by atoms with Crippen molar-refractivity contribution in [3.8, 4) is 0 Å². The third kappa shape index (κ3) is 6.41. The van der Waals surface area contributed by atoms with Crippen molar-refractivity contribution in [2.24, 2.45) is 0 Å². The second-order valence-electron chi connectivity index (χ2n) is 10.5. The van der Waals surface area contributed by atoms with Crippen molar-refractivity contribution in [2.75, 3.05) is 23.7 Å². The van der Waals surface area contributed by atoms with Crippen molar-refractivity contribution in [1.82, 2.24) is 9.47 Å². The number of hydrogen-bond donors (Lipinski definition) is 4. The summed E-state index contributed by atoms with van der Waals surface area (Å²) < 4.78 is 2.58. The largest absolute Gasteiger partial charge is 0.473 e. The monoisotopic (exact) mass is 554 g/mol. The van der Waals surface area contributed by atoms with Crippen LogP contribution in [0.5, 0.6) is 0 Å². The van der Waals surface area contributed by atoms with Crippen LogP contribution in [0.4, 0.5) is 11.4 Å². The molecule has 9 heteroatoms. The number of rotatable bonds is 5. The quantitative estimate of drug-likeness (QED) is 0.257. The average molecular weight is 555 g/mol. The molecule has 1 amide bonds. The van der Waals surface area contributed by atoms with E-state index in [4.69, 9.17) is 19.8 Å². The summed E-state index contributed by atoms with van der Waals surface area (Å²) in [5.74, 6) is -3.69. The van der Waals surface area contributed by atoms with Crippen LogP contribution in [0.2, 0.25) is 0 Å². The normalized spacial score (nSPS) is 17.9. The van der Waals surface area contributed by atoms with Gasteiger partial charge in [0, 0.05) is 60.6 Å². The van der Waals surface area contributed by atoms with Gasteiger partial charge in [-0.15, -0.1) is 0 Å². The molecular weight excluding hydrogens is 520 g/mol. The molecule has 0 spiro atoms. The minimum Gasteiger partial charge on any atom is -0.473 e. The molecule has 0 radical (unpaired) electrons. The SMILES string of the molecule is CC(=O)Nc1cccc(NC2CCN3CCc4c(n(Cc5ccccc5)c5ccccc45)C3C2)c1.O=C(O)C(=O)O. The fourth-order valence-electron chi connectivity index (χ4n) is 6.05. The molecule has 9 nitrogen and oxygen atoms in total. The van der Waals surface area contributed by atoms with Gasteiger partial charge in [-0.05, 0) is 54.7 Å². The molecule has 2 atom stereocenters. The number of piperidine rings is 1. The van der Waals surface area contributed by atoms with Gasteiger partial charge in [-0.25, -0.2) is 9.59 Å². The number of aromatic nitrogens is 1. The molecule has 1 saturated heterocycles. The zero-order valence-corrected chi connectivity index (χ0v) is 22.9. The van der Waals surface area contributed by atoms with Crippen molar-refractivity contribution in [1.29, 1.82) is 0 Å². The molecule has 3 heterocycles. The van der Waals surface area contributed by atoms with Gasteiger partial charge in [0.25, 0.3) is 0 Å². The Morgan fingerprint density at radius 2 is 1.59 bits per heavy atom. The maximum absolute atomic E-state index is 11.5. The van der Waals surface area contributed by atoms with Crippen LogP contribution in [0.15, 0.2) is 78.9 Å². The van der Waals surface area contributed by atoms with Gasteiger partial charge < -0.3 is 25.4 Å². The van der Waals surface area contributed by atoms with E-state index in [2.05, 4.69) is 80.8 Å². The van der Waals surface area contributed by atoms with Crippen LogP contribution in [0.25, 0.3) is 10.9 Å². The van der Waals surface area contributed by atoms with E-state index in [0.717, 1.165) is 50.3 Å². The van der Waals surface area contributed by atoms with Gasteiger partial charge in [0.15, 0.2) is 0 Å². The average Bonchev–Trinajstić information content (AvgIpc) is 3.27. The molecule has 1 aromatic heterocycles. The van der Waals surface area contributed by atoms with Crippen molar-refractivity contribution >= 4 is 40.1 Å². The minimum absolute atomic E-state index is 0.0450. The molecule has 3 aromatic carbocycles. The molecule has 2 unspecified atom stereocenters. The summed E-state index contributed by atoms with van der Waals surface area (Å²) in [5.41, 5.74) is 7.62. The lowest BCUT2D eigenvalue weighted by atomic mass is 9.88. The van der Waals surface area contributed by atoms with E-state index in [-0.39, 0.29) is 5.91 Å². The van der Waals surface area contributed by atoms with Crippen LogP contribution in [-0.4, -0.2) is 56.7 Å². The zero-order chi connectivity index (χ0) is 28.9. The molecule has 4 aromatic rings. The number of para-hydroxylation sites is 1. The summed E-state index contributed by atoms with van der Waals surface area (Å²) in [7, 11) is 0. The number of carbonyl (C=O) groups is 3.